The van der Waals surface area contributed by atoms with Crippen LogP contribution in [0.3, 0.4) is 0 Å². The summed E-state index contributed by atoms with van der Waals surface area (Å²) in [5, 5.41) is 4.70. The van der Waals surface area contributed by atoms with Crippen molar-refractivity contribution in [2.75, 3.05) is 0 Å². The maximum atomic E-state index is 13.3. The largest absolute Gasteiger partial charge is 0.275 e. The highest BCUT2D eigenvalue weighted by Crippen LogP contribution is 2.29. The number of hydrogen-bond donors (Lipinski definition) is 2. The maximum Gasteiger partial charge on any atom is 0.123 e. The predicted molar refractivity (Wildman–Crippen MR) is 68.5 cm³/mol. The Hall–Kier alpha value is -1.43. The third kappa shape index (κ3) is 2.38. The zero-order valence-electron chi connectivity index (χ0n) is 10.1. The third-order valence-corrected chi connectivity index (χ3v) is 3.14. The van der Waals surface area contributed by atoms with Crippen LogP contribution in [-0.4, -0.2) is 9.78 Å². The zero-order valence-corrected chi connectivity index (χ0v) is 10.9. The van der Waals surface area contributed by atoms with Crippen LogP contribution in [0.4, 0.5) is 4.39 Å². The molecule has 6 heteroatoms. The fourth-order valence-electron chi connectivity index (χ4n) is 1.98. The molecule has 0 aliphatic carbocycles. The molecule has 0 saturated carbocycles. The number of aryl methyl sites for hydroxylation is 2. The molecule has 1 aromatic heterocycles. The number of halogens is 2. The highest BCUT2D eigenvalue weighted by Gasteiger charge is 2.20. The van der Waals surface area contributed by atoms with Crippen molar-refractivity contribution in [3.05, 3.63) is 52.1 Å². The minimum absolute atomic E-state index is 0.351. The lowest BCUT2D eigenvalue weighted by Crippen LogP contribution is -2.29. The van der Waals surface area contributed by atoms with Gasteiger partial charge in [0.05, 0.1) is 11.7 Å². The van der Waals surface area contributed by atoms with Crippen LogP contribution in [0, 0.1) is 12.7 Å². The topological polar surface area (TPSA) is 55.9 Å². The molecular weight excluding hydrogens is 255 g/mol. The summed E-state index contributed by atoms with van der Waals surface area (Å²) >= 11 is 6.09. The molecule has 1 atom stereocenters. The second kappa shape index (κ2) is 5.06. The van der Waals surface area contributed by atoms with Gasteiger partial charge < -0.3 is 0 Å². The lowest BCUT2D eigenvalue weighted by atomic mass is 10.00. The van der Waals surface area contributed by atoms with E-state index in [-0.39, 0.29) is 11.9 Å². The molecule has 2 rings (SSSR count). The van der Waals surface area contributed by atoms with Gasteiger partial charge in [0, 0.05) is 23.8 Å². The summed E-state index contributed by atoms with van der Waals surface area (Å²) in [5.74, 6) is 5.22. The maximum absolute atomic E-state index is 13.3. The number of benzene rings is 1. The molecular formula is C12H14ClFN4. The molecule has 2 aromatic rings. The molecule has 0 fully saturated rings. The highest BCUT2D eigenvalue weighted by molar-refractivity contribution is 6.31. The first-order valence-corrected chi connectivity index (χ1v) is 5.82. The molecule has 96 valence electrons. The van der Waals surface area contributed by atoms with Gasteiger partial charge in [-0.05, 0) is 30.7 Å². The van der Waals surface area contributed by atoms with Crippen molar-refractivity contribution in [1.82, 2.24) is 15.2 Å². The second-order valence-electron chi connectivity index (χ2n) is 4.11. The summed E-state index contributed by atoms with van der Waals surface area (Å²) in [6.07, 6.45) is 1.83. The molecule has 0 aliphatic rings. The molecule has 1 unspecified atom stereocenters. The van der Waals surface area contributed by atoms with Gasteiger partial charge >= 0.3 is 0 Å². The molecule has 0 spiro atoms. The molecule has 4 nitrogen and oxygen atoms in total. The molecule has 0 amide bonds. The highest BCUT2D eigenvalue weighted by atomic mass is 35.5. The van der Waals surface area contributed by atoms with Gasteiger partial charge in [-0.2, -0.15) is 5.10 Å². The van der Waals surface area contributed by atoms with Gasteiger partial charge in [0.25, 0.3) is 0 Å². The van der Waals surface area contributed by atoms with Crippen molar-refractivity contribution in [3.63, 3.8) is 0 Å². The Labute approximate surface area is 110 Å². The van der Waals surface area contributed by atoms with E-state index in [2.05, 4.69) is 10.5 Å². The first kappa shape index (κ1) is 13.0. The Kier molecular flexibility index (Phi) is 3.65. The molecule has 1 aromatic carbocycles. The van der Waals surface area contributed by atoms with Gasteiger partial charge in [-0.15, -0.1) is 0 Å². The second-order valence-corrected chi connectivity index (χ2v) is 4.52. The Morgan fingerprint density at radius 1 is 1.44 bits per heavy atom. The standard InChI is InChI=1S/C12H14ClFN4/c1-7-10(6-18(2)17-7)12(16-15)9-5-8(14)3-4-11(9)13/h3-6,12,16H,15H2,1-2H3. The number of nitrogens with two attached hydrogens (primary N) is 1. The average Bonchev–Trinajstić information content (AvgIpc) is 2.64. The van der Waals surface area contributed by atoms with Crippen molar-refractivity contribution in [2.45, 2.75) is 13.0 Å². The Bertz CT molecular complexity index is 567. The van der Waals surface area contributed by atoms with Crippen LogP contribution < -0.4 is 11.3 Å². The molecule has 3 N–H and O–H groups in total. The SMILES string of the molecule is Cc1nn(C)cc1C(NN)c1cc(F)ccc1Cl. The van der Waals surface area contributed by atoms with Gasteiger partial charge in [0.15, 0.2) is 0 Å². The van der Waals surface area contributed by atoms with Crippen LogP contribution >= 0.6 is 11.6 Å². The van der Waals surface area contributed by atoms with Crippen LogP contribution in [0.2, 0.25) is 5.02 Å². The van der Waals surface area contributed by atoms with Crippen LogP contribution in [0.1, 0.15) is 22.9 Å². The number of rotatable bonds is 3. The summed E-state index contributed by atoms with van der Waals surface area (Å²) in [6.45, 7) is 1.87. The van der Waals surface area contributed by atoms with E-state index in [0.29, 0.717) is 10.6 Å². The van der Waals surface area contributed by atoms with Crippen molar-refractivity contribution >= 4 is 11.6 Å². The fourth-order valence-corrected chi connectivity index (χ4v) is 2.21. The molecule has 1 heterocycles. The van der Waals surface area contributed by atoms with Crippen LogP contribution in [-0.2, 0) is 7.05 Å². The van der Waals surface area contributed by atoms with E-state index in [9.17, 15) is 4.39 Å². The normalized spacial score (nSPS) is 12.7. The van der Waals surface area contributed by atoms with Gasteiger partial charge in [0.2, 0.25) is 0 Å². The number of aromatic nitrogens is 2. The minimum Gasteiger partial charge on any atom is -0.275 e. The number of nitrogens with one attached hydrogen (secondary N) is 1. The van der Waals surface area contributed by atoms with Crippen LogP contribution in [0.25, 0.3) is 0 Å². The van der Waals surface area contributed by atoms with E-state index in [0.717, 1.165) is 11.3 Å². The Morgan fingerprint density at radius 3 is 2.72 bits per heavy atom. The summed E-state index contributed by atoms with van der Waals surface area (Å²) in [7, 11) is 1.82. The molecule has 0 radical (unpaired) electrons. The number of nitrogens with zero attached hydrogens (tertiary/aromatic N) is 2. The van der Waals surface area contributed by atoms with E-state index in [1.807, 2.05) is 20.2 Å². The lowest BCUT2D eigenvalue weighted by molar-refractivity contribution is 0.604. The van der Waals surface area contributed by atoms with Gasteiger partial charge in [-0.3, -0.25) is 10.5 Å². The fraction of sp³-hybridized carbons (Fsp3) is 0.250. The van der Waals surface area contributed by atoms with Crippen molar-refractivity contribution in [3.8, 4) is 0 Å². The van der Waals surface area contributed by atoms with E-state index < -0.39 is 0 Å². The summed E-state index contributed by atoms with van der Waals surface area (Å²) in [4.78, 5) is 0. The average molecular weight is 269 g/mol. The molecule has 0 bridgehead atoms. The van der Waals surface area contributed by atoms with Crippen molar-refractivity contribution in [2.24, 2.45) is 12.9 Å². The van der Waals surface area contributed by atoms with E-state index in [1.54, 1.807) is 4.68 Å². The van der Waals surface area contributed by atoms with Gasteiger partial charge in [-0.25, -0.2) is 9.82 Å². The molecule has 0 aliphatic heterocycles. The van der Waals surface area contributed by atoms with E-state index in [1.165, 1.54) is 18.2 Å². The monoisotopic (exact) mass is 268 g/mol. The van der Waals surface area contributed by atoms with Crippen molar-refractivity contribution < 1.29 is 4.39 Å². The first-order valence-electron chi connectivity index (χ1n) is 5.44. The number of hydrogen-bond acceptors (Lipinski definition) is 3. The summed E-state index contributed by atoms with van der Waals surface area (Å²) < 4.78 is 15.0. The zero-order chi connectivity index (χ0) is 13.3. The smallest absolute Gasteiger partial charge is 0.123 e. The van der Waals surface area contributed by atoms with Crippen LogP contribution in [0.15, 0.2) is 24.4 Å². The first-order chi connectivity index (χ1) is 8.52. The van der Waals surface area contributed by atoms with E-state index in [4.69, 9.17) is 17.4 Å². The van der Waals surface area contributed by atoms with Crippen LogP contribution in [0.5, 0.6) is 0 Å². The van der Waals surface area contributed by atoms with Gasteiger partial charge in [-0.1, -0.05) is 11.6 Å². The minimum atomic E-state index is -0.387. The molecule has 18 heavy (non-hydrogen) atoms. The third-order valence-electron chi connectivity index (χ3n) is 2.80. The van der Waals surface area contributed by atoms with E-state index >= 15 is 0 Å². The summed E-state index contributed by atoms with van der Waals surface area (Å²) in [6, 6.07) is 3.82. The van der Waals surface area contributed by atoms with Gasteiger partial charge in [0.1, 0.15) is 5.82 Å². The predicted octanol–water partition coefficient (Wildman–Crippen LogP) is 2.07. The lowest BCUT2D eigenvalue weighted by Gasteiger charge is -2.17. The quantitative estimate of drug-likeness (QED) is 0.662. The Morgan fingerprint density at radius 2 is 2.17 bits per heavy atom. The van der Waals surface area contributed by atoms with Crippen molar-refractivity contribution in [1.29, 1.82) is 0 Å². The molecule has 0 saturated heterocycles. The Balaban J connectivity index is 2.51. The number of hydrazine groups is 1. The summed E-state index contributed by atoms with van der Waals surface area (Å²) in [5.41, 5.74) is 4.93.